The minimum atomic E-state index is -3.58. The molecule has 1 aliphatic rings. The summed E-state index contributed by atoms with van der Waals surface area (Å²) in [4.78, 5) is 24.7. The molecule has 2 aromatic heterocycles. The highest BCUT2D eigenvalue weighted by Gasteiger charge is 2.35. The molecule has 0 bridgehead atoms. The normalized spacial score (nSPS) is 13.9. The molecule has 0 aliphatic heterocycles. The molecule has 180 valence electrons. The number of anilines is 1. The third-order valence-electron chi connectivity index (χ3n) is 6.18. The molecule has 0 radical (unpaired) electrons. The Bertz CT molecular complexity index is 1500. The summed E-state index contributed by atoms with van der Waals surface area (Å²) in [6, 6.07) is 16.0. The first-order valence-electron chi connectivity index (χ1n) is 11.4. The molecular weight excluding hydrogens is 480 g/mol. The first-order chi connectivity index (χ1) is 16.7. The standard InChI is InChI=1S/C26H26N4O3S2/c1-17-14-18(2)24-23(15-17)34-26(28-24)30(16-20-6-4-5-13-27-20)25(31)19-7-11-22(12-8-19)35(32,33)29(3)21-9-10-21/h4-8,11-15,21H,9-10,16H2,1-3H3. The largest absolute Gasteiger partial charge is 0.278 e. The van der Waals surface area contributed by atoms with Crippen LogP contribution in [0.25, 0.3) is 10.2 Å². The second-order valence-electron chi connectivity index (χ2n) is 8.91. The minimum absolute atomic E-state index is 0.0706. The third-order valence-corrected chi connectivity index (χ3v) is 9.13. The zero-order chi connectivity index (χ0) is 24.7. The van der Waals surface area contributed by atoms with Gasteiger partial charge in [-0.3, -0.25) is 14.7 Å². The Balaban J connectivity index is 1.50. The van der Waals surface area contributed by atoms with Crippen LogP contribution in [0.2, 0.25) is 0 Å². The molecule has 35 heavy (non-hydrogen) atoms. The van der Waals surface area contributed by atoms with Crippen LogP contribution in [0.3, 0.4) is 0 Å². The minimum Gasteiger partial charge on any atom is -0.278 e. The number of pyridine rings is 1. The van der Waals surface area contributed by atoms with Gasteiger partial charge in [0.2, 0.25) is 10.0 Å². The second kappa shape index (κ2) is 9.14. The lowest BCUT2D eigenvalue weighted by Crippen LogP contribution is -2.31. The second-order valence-corrected chi connectivity index (χ2v) is 11.9. The monoisotopic (exact) mass is 506 g/mol. The van der Waals surface area contributed by atoms with E-state index in [1.54, 1.807) is 30.3 Å². The number of benzene rings is 2. The number of nitrogens with zero attached hydrogens (tertiary/aromatic N) is 4. The van der Waals surface area contributed by atoms with Crippen LogP contribution in [-0.2, 0) is 16.6 Å². The van der Waals surface area contributed by atoms with Gasteiger partial charge in [-0.15, -0.1) is 0 Å². The molecule has 5 rings (SSSR count). The van der Waals surface area contributed by atoms with Crippen molar-refractivity contribution in [2.45, 2.75) is 44.2 Å². The van der Waals surface area contributed by atoms with E-state index in [0.29, 0.717) is 10.7 Å². The van der Waals surface area contributed by atoms with Crippen molar-refractivity contribution in [2.75, 3.05) is 11.9 Å². The molecule has 1 fully saturated rings. The number of rotatable bonds is 7. The first kappa shape index (κ1) is 23.6. The molecule has 9 heteroatoms. The highest BCUT2D eigenvalue weighted by atomic mass is 32.2. The predicted molar refractivity (Wildman–Crippen MR) is 138 cm³/mol. The lowest BCUT2D eigenvalue weighted by atomic mass is 10.1. The van der Waals surface area contributed by atoms with Crippen molar-refractivity contribution in [3.05, 3.63) is 83.2 Å². The van der Waals surface area contributed by atoms with Gasteiger partial charge in [-0.1, -0.05) is 23.5 Å². The quantitative estimate of drug-likeness (QED) is 0.355. The lowest BCUT2D eigenvalue weighted by Gasteiger charge is -2.20. The van der Waals surface area contributed by atoms with Crippen molar-refractivity contribution < 1.29 is 13.2 Å². The molecule has 2 heterocycles. The van der Waals surface area contributed by atoms with Gasteiger partial charge < -0.3 is 0 Å². The number of carbonyl (C=O) groups is 1. The average molecular weight is 507 g/mol. The Labute approximate surface area is 209 Å². The van der Waals surface area contributed by atoms with E-state index < -0.39 is 10.0 Å². The molecule has 0 unspecified atom stereocenters. The van der Waals surface area contributed by atoms with Gasteiger partial charge in [0.1, 0.15) is 0 Å². The number of fused-ring (bicyclic) bond motifs is 1. The Kier molecular flexibility index (Phi) is 6.16. The molecule has 0 saturated heterocycles. The lowest BCUT2D eigenvalue weighted by molar-refractivity contribution is 0.0984. The Hall–Kier alpha value is -3.14. The van der Waals surface area contributed by atoms with Crippen LogP contribution in [0.15, 0.2) is 65.7 Å². The van der Waals surface area contributed by atoms with Crippen molar-refractivity contribution in [1.29, 1.82) is 0 Å². The molecule has 1 saturated carbocycles. The molecule has 4 aromatic rings. The van der Waals surface area contributed by atoms with E-state index >= 15 is 0 Å². The topological polar surface area (TPSA) is 83.5 Å². The Morgan fingerprint density at radius 1 is 1.09 bits per heavy atom. The number of aryl methyl sites for hydroxylation is 2. The molecular formula is C26H26N4O3S2. The summed E-state index contributed by atoms with van der Waals surface area (Å²) in [5, 5.41) is 0.578. The third kappa shape index (κ3) is 4.71. The summed E-state index contributed by atoms with van der Waals surface area (Å²) >= 11 is 1.46. The van der Waals surface area contributed by atoms with Crippen molar-refractivity contribution in [1.82, 2.24) is 14.3 Å². The van der Waals surface area contributed by atoms with Gasteiger partial charge in [-0.2, -0.15) is 4.31 Å². The number of amides is 1. The van der Waals surface area contributed by atoms with Gasteiger partial charge >= 0.3 is 0 Å². The molecule has 0 atom stereocenters. The number of hydrogen-bond donors (Lipinski definition) is 0. The summed E-state index contributed by atoms with van der Waals surface area (Å²) in [6.45, 7) is 4.31. The van der Waals surface area contributed by atoms with E-state index in [0.717, 1.165) is 39.9 Å². The first-order valence-corrected chi connectivity index (χ1v) is 13.7. The van der Waals surface area contributed by atoms with E-state index in [4.69, 9.17) is 4.98 Å². The fraction of sp³-hybridized carbons (Fsp3) is 0.269. The number of carbonyl (C=O) groups excluding carboxylic acids is 1. The summed E-state index contributed by atoms with van der Waals surface area (Å²) in [7, 11) is -1.97. The van der Waals surface area contributed by atoms with Gasteiger partial charge in [-0.25, -0.2) is 13.4 Å². The number of hydrogen-bond acceptors (Lipinski definition) is 6. The maximum Gasteiger partial charge on any atom is 0.260 e. The molecule has 2 aromatic carbocycles. The van der Waals surface area contributed by atoms with Crippen molar-refractivity contribution in [2.24, 2.45) is 0 Å². The van der Waals surface area contributed by atoms with Crippen molar-refractivity contribution in [3.8, 4) is 0 Å². The summed E-state index contributed by atoms with van der Waals surface area (Å²) in [6.07, 6.45) is 3.46. The van der Waals surface area contributed by atoms with Crippen LogP contribution >= 0.6 is 11.3 Å². The van der Waals surface area contributed by atoms with Gasteiger partial charge in [0.25, 0.3) is 5.91 Å². The molecule has 0 spiro atoms. The van der Waals surface area contributed by atoms with E-state index in [-0.39, 0.29) is 23.4 Å². The van der Waals surface area contributed by atoms with Gasteiger partial charge in [0.15, 0.2) is 5.13 Å². The summed E-state index contributed by atoms with van der Waals surface area (Å²) in [5.41, 5.74) is 4.20. The predicted octanol–water partition coefficient (Wildman–Crippen LogP) is 4.94. The number of thiazole rings is 1. The Morgan fingerprint density at radius 2 is 1.83 bits per heavy atom. The molecule has 0 N–H and O–H groups in total. The van der Waals surface area contributed by atoms with Crippen LogP contribution in [0, 0.1) is 13.8 Å². The van der Waals surface area contributed by atoms with Crippen molar-refractivity contribution >= 4 is 42.6 Å². The fourth-order valence-corrected chi connectivity index (χ4v) is 6.64. The van der Waals surface area contributed by atoms with E-state index in [1.807, 2.05) is 32.0 Å². The van der Waals surface area contributed by atoms with E-state index in [9.17, 15) is 13.2 Å². The van der Waals surface area contributed by atoms with Gasteiger partial charge in [0, 0.05) is 24.8 Å². The highest BCUT2D eigenvalue weighted by molar-refractivity contribution is 7.89. The average Bonchev–Trinajstić information content (AvgIpc) is 3.61. The zero-order valence-electron chi connectivity index (χ0n) is 19.8. The van der Waals surface area contributed by atoms with Crippen LogP contribution in [0.4, 0.5) is 5.13 Å². The van der Waals surface area contributed by atoms with E-state index in [2.05, 4.69) is 17.1 Å². The fourth-order valence-electron chi connectivity index (χ4n) is 4.08. The van der Waals surface area contributed by atoms with Crippen molar-refractivity contribution in [3.63, 3.8) is 0 Å². The molecule has 7 nitrogen and oxygen atoms in total. The van der Waals surface area contributed by atoms with Crippen LogP contribution in [-0.4, -0.2) is 41.7 Å². The van der Waals surface area contributed by atoms with E-state index in [1.165, 1.54) is 27.8 Å². The highest BCUT2D eigenvalue weighted by Crippen LogP contribution is 2.34. The zero-order valence-corrected chi connectivity index (χ0v) is 21.4. The Morgan fingerprint density at radius 3 is 2.49 bits per heavy atom. The van der Waals surface area contributed by atoms with Crippen LogP contribution in [0.5, 0.6) is 0 Å². The SMILES string of the molecule is Cc1cc(C)c2nc(N(Cc3ccccn3)C(=O)c3ccc(S(=O)(=O)N(C)C4CC4)cc3)sc2c1. The molecule has 1 amide bonds. The molecule has 1 aliphatic carbocycles. The smallest absolute Gasteiger partial charge is 0.260 e. The number of aromatic nitrogens is 2. The van der Waals surface area contributed by atoms with Gasteiger partial charge in [-0.05, 0) is 80.3 Å². The number of sulfonamides is 1. The van der Waals surface area contributed by atoms with Gasteiger partial charge in [0.05, 0.1) is 27.4 Å². The summed E-state index contributed by atoms with van der Waals surface area (Å²) < 4.78 is 28.2. The summed E-state index contributed by atoms with van der Waals surface area (Å²) in [5.74, 6) is -0.261. The maximum atomic E-state index is 13.7. The van der Waals surface area contributed by atoms with Crippen LogP contribution in [0.1, 0.15) is 40.0 Å². The maximum absolute atomic E-state index is 13.7. The van der Waals surface area contributed by atoms with Crippen LogP contribution < -0.4 is 4.90 Å².